The molecule has 1 atom stereocenters. The van der Waals surface area contributed by atoms with E-state index in [1.54, 1.807) is 13.1 Å². The SMILES string of the molecule is CCCC(C)(N)C(=O)NCc1cccc2cccnc12.Cl. The summed E-state index contributed by atoms with van der Waals surface area (Å²) in [6.45, 7) is 4.24. The quantitative estimate of drug-likeness (QED) is 0.892. The normalized spacial score (nSPS) is 13.3. The number of pyridine rings is 1. The zero-order valence-corrected chi connectivity index (χ0v) is 13.2. The highest BCUT2D eigenvalue weighted by atomic mass is 35.5. The number of hydrogen-bond acceptors (Lipinski definition) is 3. The number of nitrogens with zero attached hydrogens (tertiary/aromatic N) is 1. The van der Waals surface area contributed by atoms with Crippen molar-refractivity contribution in [3.05, 3.63) is 42.1 Å². The molecule has 0 radical (unpaired) electrons. The molecular formula is C16H22ClN3O. The Hall–Kier alpha value is -1.65. The summed E-state index contributed by atoms with van der Waals surface area (Å²) in [5.74, 6) is -0.118. The molecule has 1 amide bonds. The van der Waals surface area contributed by atoms with Gasteiger partial charge in [0, 0.05) is 18.1 Å². The Morgan fingerprint density at radius 1 is 1.33 bits per heavy atom. The van der Waals surface area contributed by atoms with E-state index < -0.39 is 5.54 Å². The zero-order chi connectivity index (χ0) is 14.6. The van der Waals surface area contributed by atoms with Gasteiger partial charge in [-0.25, -0.2) is 0 Å². The van der Waals surface area contributed by atoms with Gasteiger partial charge in [0.2, 0.25) is 5.91 Å². The summed E-state index contributed by atoms with van der Waals surface area (Å²) in [5.41, 5.74) is 7.13. The van der Waals surface area contributed by atoms with Gasteiger partial charge in [-0.2, -0.15) is 0 Å². The maximum atomic E-state index is 12.1. The Morgan fingerprint density at radius 3 is 2.76 bits per heavy atom. The Morgan fingerprint density at radius 2 is 2.05 bits per heavy atom. The Labute approximate surface area is 131 Å². The highest BCUT2D eigenvalue weighted by Crippen LogP contribution is 2.16. The van der Waals surface area contributed by atoms with E-state index in [9.17, 15) is 4.79 Å². The predicted molar refractivity (Wildman–Crippen MR) is 88.3 cm³/mol. The number of halogens is 1. The molecule has 0 saturated carbocycles. The van der Waals surface area contributed by atoms with Crippen molar-refractivity contribution in [3.63, 3.8) is 0 Å². The molecule has 0 saturated heterocycles. The van der Waals surface area contributed by atoms with Crippen LogP contribution >= 0.6 is 12.4 Å². The number of rotatable bonds is 5. The lowest BCUT2D eigenvalue weighted by atomic mass is 9.96. The van der Waals surface area contributed by atoms with E-state index in [4.69, 9.17) is 5.73 Å². The molecule has 1 unspecified atom stereocenters. The molecule has 0 aliphatic carbocycles. The lowest BCUT2D eigenvalue weighted by molar-refractivity contribution is -0.126. The summed E-state index contributed by atoms with van der Waals surface area (Å²) in [4.78, 5) is 16.5. The minimum atomic E-state index is -0.813. The van der Waals surface area contributed by atoms with E-state index in [1.807, 2.05) is 37.3 Å². The molecule has 0 aliphatic heterocycles. The number of amides is 1. The highest BCUT2D eigenvalue weighted by Gasteiger charge is 2.26. The molecule has 114 valence electrons. The molecule has 21 heavy (non-hydrogen) atoms. The monoisotopic (exact) mass is 307 g/mol. The predicted octanol–water partition coefficient (Wildman–Crippen LogP) is 2.79. The Balaban J connectivity index is 0.00000220. The first-order chi connectivity index (χ1) is 9.54. The number of benzene rings is 1. The average Bonchev–Trinajstić information content (AvgIpc) is 2.44. The van der Waals surface area contributed by atoms with Gasteiger partial charge in [-0.1, -0.05) is 37.6 Å². The van der Waals surface area contributed by atoms with Crippen LogP contribution in [0.3, 0.4) is 0 Å². The van der Waals surface area contributed by atoms with Gasteiger partial charge in [0.1, 0.15) is 0 Å². The number of fused-ring (bicyclic) bond motifs is 1. The molecule has 1 aromatic carbocycles. The molecular weight excluding hydrogens is 286 g/mol. The van der Waals surface area contributed by atoms with Crippen LogP contribution in [0.4, 0.5) is 0 Å². The molecule has 2 aromatic rings. The summed E-state index contributed by atoms with van der Waals surface area (Å²) >= 11 is 0. The fourth-order valence-electron chi connectivity index (χ4n) is 2.32. The smallest absolute Gasteiger partial charge is 0.240 e. The average molecular weight is 308 g/mol. The van der Waals surface area contributed by atoms with Crippen LogP contribution in [-0.2, 0) is 11.3 Å². The Kier molecular flexibility index (Phi) is 6.12. The minimum absolute atomic E-state index is 0. The number of nitrogens with one attached hydrogen (secondary N) is 1. The van der Waals surface area contributed by atoms with Gasteiger partial charge in [0.25, 0.3) is 0 Å². The lowest BCUT2D eigenvalue weighted by Crippen LogP contribution is -2.51. The number of carbonyl (C=O) groups is 1. The number of aromatic nitrogens is 1. The molecule has 1 aromatic heterocycles. The van der Waals surface area contributed by atoms with E-state index in [0.717, 1.165) is 22.9 Å². The molecule has 2 rings (SSSR count). The third-order valence-corrected chi connectivity index (χ3v) is 3.44. The first-order valence-corrected chi connectivity index (χ1v) is 6.94. The van der Waals surface area contributed by atoms with E-state index in [1.165, 1.54) is 0 Å². The third kappa shape index (κ3) is 4.16. The van der Waals surface area contributed by atoms with Gasteiger partial charge in [-0.15, -0.1) is 12.4 Å². The molecule has 0 bridgehead atoms. The second-order valence-electron chi connectivity index (χ2n) is 5.34. The summed E-state index contributed by atoms with van der Waals surface area (Å²) in [6.07, 6.45) is 3.32. The summed E-state index contributed by atoms with van der Waals surface area (Å²) in [5, 5.41) is 3.98. The molecule has 0 fully saturated rings. The first-order valence-electron chi connectivity index (χ1n) is 6.94. The van der Waals surface area contributed by atoms with Crippen molar-refractivity contribution in [1.82, 2.24) is 10.3 Å². The zero-order valence-electron chi connectivity index (χ0n) is 12.4. The van der Waals surface area contributed by atoms with Crippen molar-refractivity contribution >= 4 is 29.2 Å². The van der Waals surface area contributed by atoms with Crippen LogP contribution in [-0.4, -0.2) is 16.4 Å². The summed E-state index contributed by atoms with van der Waals surface area (Å²) in [6, 6.07) is 9.88. The summed E-state index contributed by atoms with van der Waals surface area (Å²) < 4.78 is 0. The molecule has 0 spiro atoms. The second-order valence-corrected chi connectivity index (χ2v) is 5.34. The van der Waals surface area contributed by atoms with E-state index in [2.05, 4.69) is 10.3 Å². The van der Waals surface area contributed by atoms with Gasteiger partial charge in [-0.3, -0.25) is 9.78 Å². The van der Waals surface area contributed by atoms with Crippen LogP contribution in [0.25, 0.3) is 10.9 Å². The van der Waals surface area contributed by atoms with Gasteiger partial charge in [0.05, 0.1) is 11.1 Å². The molecule has 1 heterocycles. The number of para-hydroxylation sites is 1. The van der Waals surface area contributed by atoms with Crippen LogP contribution in [0.2, 0.25) is 0 Å². The van der Waals surface area contributed by atoms with Gasteiger partial charge >= 0.3 is 0 Å². The first kappa shape index (κ1) is 17.4. The molecule has 5 heteroatoms. The maximum absolute atomic E-state index is 12.1. The number of hydrogen-bond donors (Lipinski definition) is 2. The fourth-order valence-corrected chi connectivity index (χ4v) is 2.32. The molecule has 3 N–H and O–H groups in total. The highest BCUT2D eigenvalue weighted by molar-refractivity contribution is 5.86. The standard InChI is InChI=1S/C16H21N3O.ClH/c1-3-9-16(2,17)15(20)19-11-13-7-4-6-12-8-5-10-18-14(12)13;/h4-8,10H,3,9,11,17H2,1-2H3,(H,19,20);1H. The molecule has 4 nitrogen and oxygen atoms in total. The van der Waals surface area contributed by atoms with Crippen molar-refractivity contribution in [3.8, 4) is 0 Å². The van der Waals surface area contributed by atoms with E-state index in [-0.39, 0.29) is 18.3 Å². The maximum Gasteiger partial charge on any atom is 0.240 e. The third-order valence-electron chi connectivity index (χ3n) is 3.44. The largest absolute Gasteiger partial charge is 0.350 e. The Bertz CT molecular complexity index is 608. The van der Waals surface area contributed by atoms with E-state index in [0.29, 0.717) is 13.0 Å². The molecule has 0 aliphatic rings. The number of nitrogens with two attached hydrogens (primary N) is 1. The van der Waals surface area contributed by atoms with Gasteiger partial charge < -0.3 is 11.1 Å². The van der Waals surface area contributed by atoms with Crippen LogP contribution in [0.1, 0.15) is 32.3 Å². The fraction of sp³-hybridized carbons (Fsp3) is 0.375. The van der Waals surface area contributed by atoms with Crippen LogP contribution in [0.5, 0.6) is 0 Å². The van der Waals surface area contributed by atoms with Crippen LogP contribution < -0.4 is 11.1 Å². The van der Waals surface area contributed by atoms with Crippen LogP contribution in [0, 0.1) is 0 Å². The van der Waals surface area contributed by atoms with Crippen molar-refractivity contribution in [2.45, 2.75) is 38.8 Å². The van der Waals surface area contributed by atoms with Crippen molar-refractivity contribution in [1.29, 1.82) is 0 Å². The van der Waals surface area contributed by atoms with Gasteiger partial charge in [0.15, 0.2) is 0 Å². The minimum Gasteiger partial charge on any atom is -0.350 e. The number of carbonyl (C=O) groups excluding carboxylic acids is 1. The van der Waals surface area contributed by atoms with Crippen LogP contribution in [0.15, 0.2) is 36.5 Å². The van der Waals surface area contributed by atoms with Gasteiger partial charge in [-0.05, 0) is 25.0 Å². The lowest BCUT2D eigenvalue weighted by Gasteiger charge is -2.23. The topological polar surface area (TPSA) is 68.0 Å². The van der Waals surface area contributed by atoms with Crippen molar-refractivity contribution in [2.24, 2.45) is 5.73 Å². The van der Waals surface area contributed by atoms with Crippen molar-refractivity contribution in [2.75, 3.05) is 0 Å². The summed E-state index contributed by atoms with van der Waals surface area (Å²) in [7, 11) is 0. The second kappa shape index (κ2) is 7.38. The van der Waals surface area contributed by atoms with Crippen molar-refractivity contribution < 1.29 is 4.79 Å². The van der Waals surface area contributed by atoms with E-state index >= 15 is 0 Å².